The number of aromatic nitrogens is 1. The van der Waals surface area contributed by atoms with Crippen LogP contribution in [0.5, 0.6) is 0 Å². The van der Waals surface area contributed by atoms with Crippen LogP contribution >= 0.6 is 24.0 Å². The van der Waals surface area contributed by atoms with Gasteiger partial charge in [0.1, 0.15) is 0 Å². The van der Waals surface area contributed by atoms with Crippen molar-refractivity contribution in [1.29, 1.82) is 0 Å². The summed E-state index contributed by atoms with van der Waals surface area (Å²) in [5.41, 5.74) is 2.32. The Kier molecular flexibility index (Phi) is 9.02. The third-order valence-electron chi connectivity index (χ3n) is 4.98. The van der Waals surface area contributed by atoms with Crippen LogP contribution in [0.3, 0.4) is 0 Å². The standard InChI is InChI=1S/C22H30N4O.HI/c1-3-23-22(26-14-6-7-18(2)16-26)24-15-19-9-11-20(12-10-19)17-25-13-5-4-8-21(25)27;/h4-5,8-13,18H,3,6-7,14-17H2,1-2H3,(H,23,24);1H. The molecule has 3 rings (SSSR count). The van der Waals surface area contributed by atoms with Gasteiger partial charge in [-0.3, -0.25) is 4.79 Å². The molecule has 1 fully saturated rings. The fourth-order valence-electron chi connectivity index (χ4n) is 3.51. The Labute approximate surface area is 184 Å². The summed E-state index contributed by atoms with van der Waals surface area (Å²) >= 11 is 0. The first-order chi connectivity index (χ1) is 13.2. The largest absolute Gasteiger partial charge is 0.357 e. The minimum absolute atomic E-state index is 0. The van der Waals surface area contributed by atoms with Crippen molar-refractivity contribution in [1.82, 2.24) is 14.8 Å². The Bertz CT molecular complexity index is 816. The molecule has 28 heavy (non-hydrogen) atoms. The van der Waals surface area contributed by atoms with Crippen molar-refractivity contribution in [2.75, 3.05) is 19.6 Å². The molecule has 1 unspecified atom stereocenters. The molecular weight excluding hydrogens is 463 g/mol. The Morgan fingerprint density at radius 2 is 1.93 bits per heavy atom. The second kappa shape index (κ2) is 11.2. The molecule has 152 valence electrons. The number of rotatable bonds is 5. The van der Waals surface area contributed by atoms with E-state index in [4.69, 9.17) is 4.99 Å². The monoisotopic (exact) mass is 494 g/mol. The topological polar surface area (TPSA) is 49.6 Å². The van der Waals surface area contributed by atoms with Gasteiger partial charge in [0.2, 0.25) is 0 Å². The van der Waals surface area contributed by atoms with Crippen LogP contribution in [0.25, 0.3) is 0 Å². The van der Waals surface area contributed by atoms with Crippen molar-refractivity contribution in [2.24, 2.45) is 10.9 Å². The summed E-state index contributed by atoms with van der Waals surface area (Å²) < 4.78 is 1.72. The average Bonchev–Trinajstić information content (AvgIpc) is 2.68. The molecule has 6 heteroatoms. The second-order valence-corrected chi connectivity index (χ2v) is 7.35. The zero-order chi connectivity index (χ0) is 19.1. The number of halogens is 1. The first-order valence-corrected chi connectivity index (χ1v) is 9.92. The van der Waals surface area contributed by atoms with Gasteiger partial charge < -0.3 is 14.8 Å². The Balaban J connectivity index is 0.00000280. The van der Waals surface area contributed by atoms with E-state index in [0.717, 1.165) is 37.1 Å². The molecule has 1 saturated heterocycles. The molecule has 1 aromatic carbocycles. The molecule has 0 bridgehead atoms. The van der Waals surface area contributed by atoms with Crippen LogP contribution in [0.2, 0.25) is 0 Å². The number of likely N-dealkylation sites (tertiary alicyclic amines) is 1. The normalized spacial score (nSPS) is 17.1. The maximum Gasteiger partial charge on any atom is 0.250 e. The summed E-state index contributed by atoms with van der Waals surface area (Å²) in [6.45, 7) is 8.73. The number of nitrogens with one attached hydrogen (secondary N) is 1. The van der Waals surface area contributed by atoms with Crippen molar-refractivity contribution in [3.8, 4) is 0 Å². The van der Waals surface area contributed by atoms with E-state index in [1.807, 2.05) is 12.3 Å². The average molecular weight is 494 g/mol. The van der Waals surface area contributed by atoms with Crippen molar-refractivity contribution in [3.63, 3.8) is 0 Å². The SMILES string of the molecule is CCNC(=NCc1ccc(Cn2ccccc2=O)cc1)N1CCCC(C)C1.I. The highest BCUT2D eigenvalue weighted by molar-refractivity contribution is 14.0. The van der Waals surface area contributed by atoms with E-state index in [1.54, 1.807) is 16.7 Å². The number of guanidine groups is 1. The van der Waals surface area contributed by atoms with Crippen LogP contribution in [0.4, 0.5) is 0 Å². The third-order valence-corrected chi connectivity index (χ3v) is 4.98. The number of nitrogens with zero attached hydrogens (tertiary/aromatic N) is 3. The molecule has 1 aliphatic rings. The predicted octanol–water partition coefficient (Wildman–Crippen LogP) is 3.71. The lowest BCUT2D eigenvalue weighted by Crippen LogP contribution is -2.46. The van der Waals surface area contributed by atoms with E-state index in [9.17, 15) is 4.79 Å². The number of benzene rings is 1. The summed E-state index contributed by atoms with van der Waals surface area (Å²) in [7, 11) is 0. The number of hydrogen-bond acceptors (Lipinski definition) is 2. The van der Waals surface area contributed by atoms with Crippen LogP contribution in [-0.4, -0.2) is 35.1 Å². The quantitative estimate of drug-likeness (QED) is 0.392. The molecule has 1 N–H and O–H groups in total. The van der Waals surface area contributed by atoms with Crippen LogP contribution in [0, 0.1) is 5.92 Å². The fourth-order valence-corrected chi connectivity index (χ4v) is 3.51. The minimum atomic E-state index is 0. The Hall–Kier alpha value is -1.83. The lowest BCUT2D eigenvalue weighted by Gasteiger charge is -2.33. The molecule has 0 radical (unpaired) electrons. The molecule has 0 spiro atoms. The van der Waals surface area contributed by atoms with Gasteiger partial charge >= 0.3 is 0 Å². The summed E-state index contributed by atoms with van der Waals surface area (Å²) in [5, 5.41) is 3.43. The number of piperidine rings is 1. The molecular formula is C22H31IN4O. The molecule has 1 aromatic heterocycles. The molecule has 1 aliphatic heterocycles. The molecule has 0 aliphatic carbocycles. The number of pyridine rings is 1. The van der Waals surface area contributed by atoms with Crippen LogP contribution in [0.15, 0.2) is 58.4 Å². The van der Waals surface area contributed by atoms with Crippen molar-refractivity contribution in [3.05, 3.63) is 70.1 Å². The van der Waals surface area contributed by atoms with E-state index in [-0.39, 0.29) is 29.5 Å². The third kappa shape index (κ3) is 6.36. The van der Waals surface area contributed by atoms with Gasteiger partial charge in [0.05, 0.1) is 13.1 Å². The molecule has 2 aromatic rings. The zero-order valence-electron chi connectivity index (χ0n) is 16.8. The van der Waals surface area contributed by atoms with Gasteiger partial charge in [-0.15, -0.1) is 24.0 Å². The fraction of sp³-hybridized carbons (Fsp3) is 0.455. The highest BCUT2D eigenvalue weighted by Crippen LogP contribution is 2.16. The summed E-state index contributed by atoms with van der Waals surface area (Å²) in [6.07, 6.45) is 4.36. The van der Waals surface area contributed by atoms with Crippen LogP contribution in [0.1, 0.15) is 37.8 Å². The number of aliphatic imine (C=N–C) groups is 1. The van der Waals surface area contributed by atoms with Crippen LogP contribution in [-0.2, 0) is 13.1 Å². The van der Waals surface area contributed by atoms with E-state index in [2.05, 4.69) is 48.3 Å². The van der Waals surface area contributed by atoms with Crippen LogP contribution < -0.4 is 10.9 Å². The predicted molar refractivity (Wildman–Crippen MR) is 126 cm³/mol. The number of hydrogen-bond donors (Lipinski definition) is 1. The van der Waals surface area contributed by atoms with Crippen molar-refractivity contribution >= 4 is 29.9 Å². The van der Waals surface area contributed by atoms with Gasteiger partial charge in [-0.2, -0.15) is 0 Å². The first kappa shape index (κ1) is 22.5. The lowest BCUT2D eigenvalue weighted by atomic mass is 10.0. The highest BCUT2D eigenvalue weighted by atomic mass is 127. The minimum Gasteiger partial charge on any atom is -0.357 e. The maximum atomic E-state index is 11.8. The van der Waals surface area contributed by atoms with E-state index >= 15 is 0 Å². The first-order valence-electron chi connectivity index (χ1n) is 9.92. The Morgan fingerprint density at radius 1 is 1.18 bits per heavy atom. The van der Waals surface area contributed by atoms with E-state index < -0.39 is 0 Å². The van der Waals surface area contributed by atoms with E-state index in [0.29, 0.717) is 13.1 Å². The lowest BCUT2D eigenvalue weighted by molar-refractivity contribution is 0.266. The van der Waals surface area contributed by atoms with Crippen molar-refractivity contribution in [2.45, 2.75) is 39.8 Å². The molecule has 0 amide bonds. The highest BCUT2D eigenvalue weighted by Gasteiger charge is 2.18. The van der Waals surface area contributed by atoms with Gasteiger partial charge in [0.15, 0.2) is 5.96 Å². The van der Waals surface area contributed by atoms with Gasteiger partial charge in [-0.25, -0.2) is 4.99 Å². The van der Waals surface area contributed by atoms with Crippen molar-refractivity contribution < 1.29 is 0 Å². The molecule has 5 nitrogen and oxygen atoms in total. The zero-order valence-corrected chi connectivity index (χ0v) is 19.1. The smallest absolute Gasteiger partial charge is 0.250 e. The van der Waals surface area contributed by atoms with Gasteiger partial charge in [-0.1, -0.05) is 37.3 Å². The molecule has 2 heterocycles. The molecule has 0 saturated carbocycles. The van der Waals surface area contributed by atoms with Gasteiger partial charge in [0.25, 0.3) is 5.56 Å². The van der Waals surface area contributed by atoms with Gasteiger partial charge in [-0.05, 0) is 42.9 Å². The van der Waals surface area contributed by atoms with Gasteiger partial charge in [0, 0.05) is 31.9 Å². The Morgan fingerprint density at radius 3 is 2.61 bits per heavy atom. The summed E-state index contributed by atoms with van der Waals surface area (Å²) in [4.78, 5) is 19.1. The summed E-state index contributed by atoms with van der Waals surface area (Å²) in [5.74, 6) is 1.74. The summed E-state index contributed by atoms with van der Waals surface area (Å²) in [6, 6.07) is 13.6. The molecule has 1 atom stereocenters. The second-order valence-electron chi connectivity index (χ2n) is 7.35. The maximum absolute atomic E-state index is 11.8. The van der Waals surface area contributed by atoms with E-state index in [1.165, 1.54) is 18.4 Å².